The Morgan fingerprint density at radius 2 is 0.645 bits per heavy atom. The summed E-state index contributed by atoms with van der Waals surface area (Å²) in [7, 11) is 0. The molecule has 0 atom stereocenters. The lowest BCUT2D eigenvalue weighted by Crippen LogP contribution is -1.80. The standard InChI is InChI=1S/C26H18N2O3/c29-23-13-9-19(10-14-23)17-1-5-21(6-2-17)25-27-28-26(31-25)22-7-3-18(4-8-22)20-11-15-24(30)16-12-20/h1-16,29-30H. The van der Waals surface area contributed by atoms with Crippen LogP contribution in [0.15, 0.2) is 101 Å². The molecule has 0 unspecified atom stereocenters. The molecule has 1 heterocycles. The molecule has 5 aromatic rings. The van der Waals surface area contributed by atoms with E-state index in [4.69, 9.17) is 4.42 Å². The van der Waals surface area contributed by atoms with Gasteiger partial charge in [0, 0.05) is 11.1 Å². The molecule has 5 rings (SSSR count). The minimum absolute atomic E-state index is 0.245. The minimum atomic E-state index is 0.245. The van der Waals surface area contributed by atoms with Gasteiger partial charge in [0.25, 0.3) is 0 Å². The summed E-state index contributed by atoms with van der Waals surface area (Å²) in [6, 6.07) is 29.8. The smallest absolute Gasteiger partial charge is 0.248 e. The van der Waals surface area contributed by atoms with Crippen LogP contribution < -0.4 is 0 Å². The molecule has 0 amide bonds. The van der Waals surface area contributed by atoms with Gasteiger partial charge in [-0.25, -0.2) is 0 Å². The van der Waals surface area contributed by atoms with Crippen molar-refractivity contribution in [2.75, 3.05) is 0 Å². The maximum absolute atomic E-state index is 9.44. The number of aromatic hydroxyl groups is 2. The van der Waals surface area contributed by atoms with Crippen molar-refractivity contribution in [2.45, 2.75) is 0 Å². The molecule has 0 radical (unpaired) electrons. The maximum Gasteiger partial charge on any atom is 0.248 e. The zero-order valence-electron chi connectivity index (χ0n) is 16.4. The van der Waals surface area contributed by atoms with Crippen LogP contribution in [0.25, 0.3) is 45.2 Å². The lowest BCUT2D eigenvalue weighted by Gasteiger charge is -2.03. The van der Waals surface area contributed by atoms with Crippen molar-refractivity contribution >= 4 is 0 Å². The third kappa shape index (κ3) is 3.89. The summed E-state index contributed by atoms with van der Waals surface area (Å²) in [6.45, 7) is 0. The molecule has 5 heteroatoms. The van der Waals surface area contributed by atoms with Crippen molar-refractivity contribution in [2.24, 2.45) is 0 Å². The van der Waals surface area contributed by atoms with E-state index in [-0.39, 0.29) is 11.5 Å². The van der Waals surface area contributed by atoms with Gasteiger partial charge in [-0.2, -0.15) is 0 Å². The number of nitrogens with zero attached hydrogens (tertiary/aromatic N) is 2. The summed E-state index contributed by atoms with van der Waals surface area (Å²) < 4.78 is 5.89. The van der Waals surface area contributed by atoms with Crippen LogP contribution in [-0.2, 0) is 0 Å². The fourth-order valence-corrected chi connectivity index (χ4v) is 3.37. The van der Waals surface area contributed by atoms with Crippen molar-refractivity contribution in [1.82, 2.24) is 10.2 Å². The Morgan fingerprint density at radius 3 is 0.968 bits per heavy atom. The van der Waals surface area contributed by atoms with Crippen LogP contribution in [0, 0.1) is 0 Å². The lowest BCUT2D eigenvalue weighted by molar-refractivity contribution is 0.475. The van der Waals surface area contributed by atoms with Crippen molar-refractivity contribution < 1.29 is 14.6 Å². The molecule has 0 spiro atoms. The van der Waals surface area contributed by atoms with Crippen molar-refractivity contribution in [3.05, 3.63) is 97.1 Å². The number of rotatable bonds is 4. The van der Waals surface area contributed by atoms with E-state index in [1.807, 2.05) is 72.8 Å². The van der Waals surface area contributed by atoms with Gasteiger partial charge in [0.2, 0.25) is 11.8 Å². The first-order valence-corrected chi connectivity index (χ1v) is 9.79. The molecule has 0 aliphatic carbocycles. The molecule has 0 saturated heterocycles. The van der Waals surface area contributed by atoms with Gasteiger partial charge in [-0.3, -0.25) is 0 Å². The lowest BCUT2D eigenvalue weighted by atomic mass is 10.0. The Morgan fingerprint density at radius 1 is 0.387 bits per heavy atom. The normalized spacial score (nSPS) is 10.8. The number of phenols is 2. The van der Waals surface area contributed by atoms with E-state index in [9.17, 15) is 10.2 Å². The average molecular weight is 406 g/mol. The van der Waals surface area contributed by atoms with Crippen LogP contribution in [0.5, 0.6) is 11.5 Å². The monoisotopic (exact) mass is 406 g/mol. The third-order valence-electron chi connectivity index (χ3n) is 5.09. The third-order valence-corrected chi connectivity index (χ3v) is 5.09. The molecule has 0 fully saturated rings. The van der Waals surface area contributed by atoms with Crippen LogP contribution in [0.4, 0.5) is 0 Å². The number of aromatic nitrogens is 2. The molecule has 31 heavy (non-hydrogen) atoms. The minimum Gasteiger partial charge on any atom is -0.508 e. The van der Waals surface area contributed by atoms with Crippen molar-refractivity contribution in [1.29, 1.82) is 0 Å². The Balaban J connectivity index is 1.36. The first-order chi connectivity index (χ1) is 15.2. The van der Waals surface area contributed by atoms with Gasteiger partial charge in [0.05, 0.1) is 0 Å². The molecular weight excluding hydrogens is 388 g/mol. The summed E-state index contributed by atoms with van der Waals surface area (Å²) in [4.78, 5) is 0. The summed E-state index contributed by atoms with van der Waals surface area (Å²) in [5.41, 5.74) is 5.78. The molecule has 1 aromatic heterocycles. The highest BCUT2D eigenvalue weighted by Crippen LogP contribution is 2.29. The SMILES string of the molecule is Oc1ccc(-c2ccc(-c3nnc(-c4ccc(-c5ccc(O)cc5)cc4)o3)cc2)cc1. The average Bonchev–Trinajstić information content (AvgIpc) is 3.31. The second-order valence-electron chi connectivity index (χ2n) is 7.16. The van der Waals surface area contributed by atoms with E-state index in [0.29, 0.717) is 11.8 Å². The predicted octanol–water partition coefficient (Wildman–Crippen LogP) is 6.15. The number of benzene rings is 4. The molecule has 0 aliphatic heterocycles. The molecule has 5 nitrogen and oxygen atoms in total. The molecule has 0 bridgehead atoms. The molecule has 2 N–H and O–H groups in total. The van der Waals surface area contributed by atoms with Crippen LogP contribution >= 0.6 is 0 Å². The van der Waals surface area contributed by atoms with Crippen molar-refractivity contribution in [3.8, 4) is 56.7 Å². The van der Waals surface area contributed by atoms with Gasteiger partial charge in [0.1, 0.15) is 11.5 Å². The van der Waals surface area contributed by atoms with Crippen LogP contribution in [0.3, 0.4) is 0 Å². The van der Waals surface area contributed by atoms with Crippen LogP contribution in [-0.4, -0.2) is 20.4 Å². The second kappa shape index (κ2) is 7.80. The van der Waals surface area contributed by atoms with E-state index < -0.39 is 0 Å². The second-order valence-corrected chi connectivity index (χ2v) is 7.16. The van der Waals surface area contributed by atoms with Gasteiger partial charge in [-0.15, -0.1) is 10.2 Å². The summed E-state index contributed by atoms with van der Waals surface area (Å²) in [6.07, 6.45) is 0. The molecule has 150 valence electrons. The highest BCUT2D eigenvalue weighted by molar-refractivity contribution is 5.69. The zero-order valence-corrected chi connectivity index (χ0v) is 16.4. The topological polar surface area (TPSA) is 79.4 Å². The zero-order chi connectivity index (χ0) is 21.2. The van der Waals surface area contributed by atoms with Gasteiger partial charge in [-0.1, -0.05) is 48.5 Å². The van der Waals surface area contributed by atoms with Gasteiger partial charge in [0.15, 0.2) is 0 Å². The highest BCUT2D eigenvalue weighted by Gasteiger charge is 2.11. The summed E-state index contributed by atoms with van der Waals surface area (Å²) >= 11 is 0. The van der Waals surface area contributed by atoms with Gasteiger partial charge < -0.3 is 14.6 Å². The van der Waals surface area contributed by atoms with E-state index in [0.717, 1.165) is 33.4 Å². The van der Waals surface area contributed by atoms with E-state index in [1.54, 1.807) is 24.3 Å². The summed E-state index contributed by atoms with van der Waals surface area (Å²) in [5, 5.41) is 27.3. The Kier molecular flexibility index (Phi) is 4.69. The number of hydrogen-bond donors (Lipinski definition) is 2. The Hall–Kier alpha value is -4.38. The predicted molar refractivity (Wildman–Crippen MR) is 119 cm³/mol. The van der Waals surface area contributed by atoms with Crippen LogP contribution in [0.2, 0.25) is 0 Å². The van der Waals surface area contributed by atoms with E-state index in [2.05, 4.69) is 10.2 Å². The maximum atomic E-state index is 9.44. The van der Waals surface area contributed by atoms with Gasteiger partial charge >= 0.3 is 0 Å². The highest BCUT2D eigenvalue weighted by atomic mass is 16.4. The Bertz CT molecular complexity index is 1200. The first-order valence-electron chi connectivity index (χ1n) is 9.79. The van der Waals surface area contributed by atoms with Crippen LogP contribution in [0.1, 0.15) is 0 Å². The Labute approximate surface area is 178 Å². The fraction of sp³-hybridized carbons (Fsp3) is 0. The van der Waals surface area contributed by atoms with E-state index in [1.165, 1.54) is 0 Å². The van der Waals surface area contributed by atoms with Crippen molar-refractivity contribution in [3.63, 3.8) is 0 Å². The van der Waals surface area contributed by atoms with Gasteiger partial charge in [-0.05, 0) is 70.8 Å². The largest absolute Gasteiger partial charge is 0.508 e. The molecule has 0 aliphatic rings. The first kappa shape index (κ1) is 18.6. The number of hydrogen-bond acceptors (Lipinski definition) is 5. The molecule has 4 aromatic carbocycles. The molecule has 0 saturated carbocycles. The van der Waals surface area contributed by atoms with E-state index >= 15 is 0 Å². The molecular formula is C26H18N2O3. The summed E-state index contributed by atoms with van der Waals surface area (Å²) in [5.74, 6) is 1.40. The quantitative estimate of drug-likeness (QED) is 0.374. The number of phenolic OH excluding ortho intramolecular Hbond substituents is 2. The fourth-order valence-electron chi connectivity index (χ4n) is 3.37.